The van der Waals surface area contributed by atoms with Crippen LogP contribution in [0.1, 0.15) is 47.8 Å². The lowest BCUT2D eigenvalue weighted by Crippen LogP contribution is -2.42. The van der Waals surface area contributed by atoms with Crippen molar-refractivity contribution in [1.82, 2.24) is 5.32 Å². The van der Waals surface area contributed by atoms with Crippen molar-refractivity contribution in [3.8, 4) is 17.2 Å². The van der Waals surface area contributed by atoms with E-state index in [2.05, 4.69) is 5.32 Å². The van der Waals surface area contributed by atoms with Crippen molar-refractivity contribution in [2.75, 3.05) is 6.61 Å². The van der Waals surface area contributed by atoms with Crippen LogP contribution in [0.25, 0.3) is 0 Å². The minimum atomic E-state index is -1.58. The van der Waals surface area contributed by atoms with Crippen molar-refractivity contribution in [3.05, 3.63) is 75.7 Å². The molecule has 0 bridgehead atoms. The second-order valence-electron chi connectivity index (χ2n) is 9.10. The summed E-state index contributed by atoms with van der Waals surface area (Å²) in [4.78, 5) is 39.2. The summed E-state index contributed by atoms with van der Waals surface area (Å²) in [5, 5.41) is 34.3. The fraction of sp³-hybridized carbons (Fsp3) is 0.296. The van der Waals surface area contributed by atoms with E-state index in [0.29, 0.717) is 6.42 Å². The van der Waals surface area contributed by atoms with Crippen molar-refractivity contribution < 1.29 is 34.4 Å². The van der Waals surface area contributed by atoms with Gasteiger partial charge in [0.25, 0.3) is 0 Å². The first-order valence-electron chi connectivity index (χ1n) is 11.2. The van der Waals surface area contributed by atoms with Crippen LogP contribution in [0.2, 0.25) is 0 Å². The molecule has 35 heavy (non-hydrogen) atoms. The van der Waals surface area contributed by atoms with Gasteiger partial charge in [0.05, 0.1) is 23.8 Å². The molecule has 1 heterocycles. The van der Waals surface area contributed by atoms with Crippen molar-refractivity contribution in [2.45, 2.75) is 45.6 Å². The number of allylic oxidation sites excluding steroid dienone is 4. The molecule has 0 amide bonds. The number of aliphatic hydroxyl groups excluding tert-OH is 1. The Kier molecular flexibility index (Phi) is 6.02. The highest BCUT2D eigenvalue weighted by molar-refractivity contribution is 6.31. The molecule has 0 saturated heterocycles. The summed E-state index contributed by atoms with van der Waals surface area (Å²) < 4.78 is 5.77. The van der Waals surface area contributed by atoms with Crippen molar-refractivity contribution in [1.29, 1.82) is 0 Å². The number of nitrogens with one attached hydrogen (secondary N) is 1. The van der Waals surface area contributed by atoms with E-state index in [-0.39, 0.29) is 51.8 Å². The first-order valence-corrected chi connectivity index (χ1v) is 11.2. The van der Waals surface area contributed by atoms with E-state index in [0.717, 1.165) is 5.56 Å². The van der Waals surface area contributed by atoms with Gasteiger partial charge in [0.2, 0.25) is 0 Å². The molecule has 1 aliphatic carbocycles. The number of hydrogen-bond donors (Lipinski definition) is 4. The number of phenolic OH excluding ortho intramolecular Hbond substituents is 2. The number of phenols is 2. The van der Waals surface area contributed by atoms with Crippen LogP contribution >= 0.6 is 0 Å². The molecule has 4 rings (SSSR count). The highest BCUT2D eigenvalue weighted by Crippen LogP contribution is 2.57. The molecule has 0 saturated carbocycles. The van der Waals surface area contributed by atoms with Crippen LogP contribution in [-0.4, -0.2) is 45.3 Å². The summed E-state index contributed by atoms with van der Waals surface area (Å²) in [5.41, 5.74) is -0.542. The zero-order valence-electron chi connectivity index (χ0n) is 19.9. The maximum atomic E-state index is 13.8. The maximum absolute atomic E-state index is 13.8. The van der Waals surface area contributed by atoms with Crippen LogP contribution in [0.4, 0.5) is 0 Å². The van der Waals surface area contributed by atoms with Gasteiger partial charge in [-0.2, -0.15) is 0 Å². The number of ketones is 3. The van der Waals surface area contributed by atoms with Crippen LogP contribution in [-0.2, 0) is 21.4 Å². The van der Waals surface area contributed by atoms with Gasteiger partial charge in [-0.3, -0.25) is 14.4 Å². The largest absolute Gasteiger partial charge is 0.507 e. The van der Waals surface area contributed by atoms with Crippen molar-refractivity contribution in [2.24, 2.45) is 0 Å². The number of aliphatic hydroxyl groups is 1. The number of fused-ring (bicyclic) bond motifs is 3. The molecule has 182 valence electrons. The van der Waals surface area contributed by atoms with Crippen LogP contribution < -0.4 is 10.1 Å². The smallest absolute Gasteiger partial charge is 0.194 e. The van der Waals surface area contributed by atoms with E-state index < -0.39 is 34.6 Å². The van der Waals surface area contributed by atoms with E-state index >= 15 is 0 Å². The molecule has 8 heteroatoms. The minimum Gasteiger partial charge on any atom is -0.507 e. The summed E-state index contributed by atoms with van der Waals surface area (Å²) in [7, 11) is 0. The highest BCUT2D eigenvalue weighted by Gasteiger charge is 2.56. The third kappa shape index (κ3) is 3.70. The fourth-order valence-electron chi connectivity index (χ4n) is 4.80. The molecule has 0 unspecified atom stereocenters. The Labute approximate surface area is 202 Å². The number of ether oxygens (including phenoxy) is 1. The van der Waals surface area contributed by atoms with E-state index in [9.17, 15) is 29.7 Å². The summed E-state index contributed by atoms with van der Waals surface area (Å²) in [5.74, 6) is -2.68. The number of carbonyl (C=O) groups excluding carboxylic acids is 3. The standard InChI is InChI=1S/C27H27NO7/c1-13-23(32)21(15(3)30)25-22(24(13)33)27(4)19(35-25)11-18(31)20(26(27)34)14(2)28-17(12-29)10-16-8-6-5-7-9-16/h5-9,11,17,28-29,32-33H,10,12H2,1-4H3/b20-14+/t17-,27-/m1/s1. The van der Waals surface area contributed by atoms with Gasteiger partial charge in [-0.25, -0.2) is 0 Å². The zero-order chi connectivity index (χ0) is 25.7. The highest BCUT2D eigenvalue weighted by atomic mass is 16.5. The topological polar surface area (TPSA) is 133 Å². The lowest BCUT2D eigenvalue weighted by atomic mass is 9.70. The molecule has 2 aromatic rings. The first kappa shape index (κ1) is 24.2. The van der Waals surface area contributed by atoms with Crippen LogP contribution in [0, 0.1) is 6.92 Å². The number of aromatic hydroxyl groups is 2. The molecule has 0 radical (unpaired) electrons. The second-order valence-corrected chi connectivity index (χ2v) is 9.10. The van der Waals surface area contributed by atoms with Crippen molar-refractivity contribution >= 4 is 17.3 Å². The Morgan fingerprint density at radius 1 is 1.11 bits per heavy atom. The number of carbonyl (C=O) groups is 3. The number of Topliss-reactive ketones (excluding diaryl/α,β-unsaturated/α-hetero) is 2. The molecule has 0 fully saturated rings. The van der Waals surface area contributed by atoms with Crippen molar-refractivity contribution in [3.63, 3.8) is 0 Å². The van der Waals surface area contributed by atoms with E-state index in [4.69, 9.17) is 4.74 Å². The Morgan fingerprint density at radius 2 is 1.77 bits per heavy atom. The third-order valence-corrected chi connectivity index (χ3v) is 6.73. The quantitative estimate of drug-likeness (QED) is 0.284. The molecule has 2 atom stereocenters. The Hall–Kier alpha value is -3.91. The molecule has 4 N–H and O–H groups in total. The average Bonchev–Trinajstić information content (AvgIpc) is 3.10. The Morgan fingerprint density at radius 3 is 2.37 bits per heavy atom. The Bertz CT molecular complexity index is 1320. The Balaban J connectivity index is 1.80. The lowest BCUT2D eigenvalue weighted by Gasteiger charge is -2.29. The number of benzene rings is 2. The SMILES string of the molecule is CC(=O)c1c(O)c(C)c(O)c2c1OC1=CC(=O)/C(=C(/C)N[C@@H](CO)Cc3ccccc3)C(=O)[C@]12C. The second kappa shape index (κ2) is 8.70. The fourth-order valence-corrected chi connectivity index (χ4v) is 4.80. The molecule has 2 aliphatic rings. The summed E-state index contributed by atoms with van der Waals surface area (Å²) in [6.07, 6.45) is 1.64. The minimum absolute atomic E-state index is 0.0233. The van der Waals surface area contributed by atoms with Gasteiger partial charge in [0, 0.05) is 17.3 Å². The summed E-state index contributed by atoms with van der Waals surface area (Å²) in [6, 6.07) is 9.04. The van der Waals surface area contributed by atoms with Gasteiger partial charge < -0.3 is 25.4 Å². The predicted molar refractivity (Wildman–Crippen MR) is 127 cm³/mol. The number of rotatable bonds is 6. The van der Waals surface area contributed by atoms with Gasteiger partial charge in [-0.05, 0) is 39.7 Å². The van der Waals surface area contributed by atoms with Gasteiger partial charge in [0.1, 0.15) is 34.0 Å². The zero-order valence-corrected chi connectivity index (χ0v) is 19.9. The molecule has 0 aromatic heterocycles. The average molecular weight is 478 g/mol. The van der Waals surface area contributed by atoms with Crippen LogP contribution in [0.5, 0.6) is 17.2 Å². The van der Waals surface area contributed by atoms with Gasteiger partial charge in [-0.15, -0.1) is 0 Å². The van der Waals surface area contributed by atoms with Crippen LogP contribution in [0.15, 0.2) is 53.4 Å². The molecular formula is C27H27NO7. The summed E-state index contributed by atoms with van der Waals surface area (Å²) >= 11 is 0. The third-order valence-electron chi connectivity index (χ3n) is 6.73. The molecular weight excluding hydrogens is 450 g/mol. The maximum Gasteiger partial charge on any atom is 0.194 e. The van der Waals surface area contributed by atoms with E-state index in [1.807, 2.05) is 30.3 Å². The van der Waals surface area contributed by atoms with E-state index in [1.54, 1.807) is 6.92 Å². The predicted octanol–water partition coefficient (Wildman–Crippen LogP) is 2.76. The molecule has 0 spiro atoms. The molecule has 1 aliphatic heterocycles. The monoisotopic (exact) mass is 477 g/mol. The van der Waals surface area contributed by atoms with Crippen LogP contribution in [0.3, 0.4) is 0 Å². The summed E-state index contributed by atoms with van der Waals surface area (Å²) in [6.45, 7) is 5.54. The number of hydrogen-bond acceptors (Lipinski definition) is 8. The van der Waals surface area contributed by atoms with Gasteiger partial charge in [-0.1, -0.05) is 30.3 Å². The molecule has 8 nitrogen and oxygen atoms in total. The normalized spacial score (nSPS) is 21.0. The lowest BCUT2D eigenvalue weighted by molar-refractivity contribution is -0.123. The van der Waals surface area contributed by atoms with Gasteiger partial charge >= 0.3 is 0 Å². The first-order chi connectivity index (χ1) is 16.5. The molecule has 2 aromatic carbocycles. The van der Waals surface area contributed by atoms with Gasteiger partial charge in [0.15, 0.2) is 17.3 Å². The van der Waals surface area contributed by atoms with E-state index in [1.165, 1.54) is 26.8 Å².